The quantitative estimate of drug-likeness (QED) is 0.894. The van der Waals surface area contributed by atoms with Gasteiger partial charge in [-0.1, -0.05) is 18.0 Å². The second-order valence-corrected chi connectivity index (χ2v) is 7.36. The molecule has 0 unspecified atom stereocenters. The van der Waals surface area contributed by atoms with Gasteiger partial charge in [-0.25, -0.2) is 13.1 Å². The van der Waals surface area contributed by atoms with Crippen LogP contribution in [0.5, 0.6) is 0 Å². The SMILES string of the molecule is CS[C@@H]1CCCC[C@H]1NS(=O)(=O)Cc1ccon1. The molecule has 1 aliphatic carbocycles. The second-order valence-electron chi connectivity index (χ2n) is 4.53. The molecule has 18 heavy (non-hydrogen) atoms. The lowest BCUT2D eigenvalue weighted by Gasteiger charge is -2.30. The summed E-state index contributed by atoms with van der Waals surface area (Å²) in [6, 6.07) is 1.62. The molecule has 5 nitrogen and oxygen atoms in total. The minimum absolute atomic E-state index is 0.0469. The molecule has 1 aliphatic rings. The van der Waals surface area contributed by atoms with Crippen molar-refractivity contribution in [3.63, 3.8) is 0 Å². The molecular weight excluding hydrogens is 272 g/mol. The molecule has 1 saturated carbocycles. The minimum atomic E-state index is -3.33. The van der Waals surface area contributed by atoms with Crippen molar-refractivity contribution in [2.24, 2.45) is 0 Å². The first-order chi connectivity index (χ1) is 8.61. The molecule has 0 saturated heterocycles. The summed E-state index contributed by atoms with van der Waals surface area (Å²) in [4.78, 5) is 0. The third kappa shape index (κ3) is 3.73. The molecule has 0 aromatic carbocycles. The van der Waals surface area contributed by atoms with Crippen LogP contribution in [0.3, 0.4) is 0 Å². The highest BCUT2D eigenvalue weighted by Crippen LogP contribution is 2.27. The Labute approximate surface area is 112 Å². The van der Waals surface area contributed by atoms with Crippen molar-refractivity contribution in [1.29, 1.82) is 0 Å². The maximum atomic E-state index is 12.0. The molecule has 0 amide bonds. The van der Waals surface area contributed by atoms with Gasteiger partial charge >= 0.3 is 0 Å². The van der Waals surface area contributed by atoms with Crippen LogP contribution in [0.2, 0.25) is 0 Å². The molecular formula is C11H18N2O3S2. The number of hydrogen-bond acceptors (Lipinski definition) is 5. The van der Waals surface area contributed by atoms with E-state index in [1.165, 1.54) is 12.7 Å². The van der Waals surface area contributed by atoms with E-state index < -0.39 is 10.0 Å². The van der Waals surface area contributed by atoms with E-state index in [-0.39, 0.29) is 11.8 Å². The van der Waals surface area contributed by atoms with Crippen molar-refractivity contribution in [2.75, 3.05) is 6.26 Å². The number of sulfonamides is 1. The fourth-order valence-corrected chi connectivity index (χ4v) is 4.68. The van der Waals surface area contributed by atoms with Crippen molar-refractivity contribution >= 4 is 21.8 Å². The lowest BCUT2D eigenvalue weighted by atomic mass is 9.96. The summed E-state index contributed by atoms with van der Waals surface area (Å²) < 4.78 is 31.5. The lowest BCUT2D eigenvalue weighted by Crippen LogP contribution is -2.44. The van der Waals surface area contributed by atoms with Crippen molar-refractivity contribution < 1.29 is 12.9 Å². The Morgan fingerprint density at radius 1 is 1.50 bits per heavy atom. The van der Waals surface area contributed by atoms with Crippen molar-refractivity contribution in [1.82, 2.24) is 9.88 Å². The highest BCUT2D eigenvalue weighted by molar-refractivity contribution is 7.99. The van der Waals surface area contributed by atoms with Gasteiger partial charge in [0.1, 0.15) is 12.0 Å². The zero-order valence-electron chi connectivity index (χ0n) is 10.3. The van der Waals surface area contributed by atoms with E-state index in [0.29, 0.717) is 10.9 Å². The highest BCUT2D eigenvalue weighted by atomic mass is 32.2. The highest BCUT2D eigenvalue weighted by Gasteiger charge is 2.28. The van der Waals surface area contributed by atoms with E-state index in [1.54, 1.807) is 17.8 Å². The molecule has 1 aromatic heterocycles. The monoisotopic (exact) mass is 290 g/mol. The first-order valence-electron chi connectivity index (χ1n) is 6.03. The lowest BCUT2D eigenvalue weighted by molar-refractivity contribution is 0.411. The van der Waals surface area contributed by atoms with Gasteiger partial charge in [-0.15, -0.1) is 0 Å². The van der Waals surface area contributed by atoms with Crippen molar-refractivity contribution in [3.05, 3.63) is 18.0 Å². The summed E-state index contributed by atoms with van der Waals surface area (Å²) in [5.74, 6) is -0.110. The zero-order valence-corrected chi connectivity index (χ0v) is 12.0. The molecule has 2 atom stereocenters. The van der Waals surface area contributed by atoms with Crippen LogP contribution >= 0.6 is 11.8 Å². The number of rotatable bonds is 5. The van der Waals surface area contributed by atoms with E-state index in [9.17, 15) is 8.42 Å². The molecule has 0 radical (unpaired) electrons. The van der Waals surface area contributed by atoms with Crippen molar-refractivity contribution in [3.8, 4) is 0 Å². The van der Waals surface area contributed by atoms with E-state index in [1.807, 2.05) is 6.26 Å². The third-order valence-electron chi connectivity index (χ3n) is 3.17. The van der Waals surface area contributed by atoms with E-state index in [4.69, 9.17) is 0 Å². The Morgan fingerprint density at radius 3 is 2.94 bits per heavy atom. The van der Waals surface area contributed by atoms with Crippen LogP contribution in [0, 0.1) is 0 Å². The standard InChI is InChI=1S/C11H18N2O3S2/c1-17-11-5-3-2-4-10(11)13-18(14,15)8-9-6-7-16-12-9/h6-7,10-11,13H,2-5,8H2,1H3/t10-,11-/m1/s1. The van der Waals surface area contributed by atoms with Gasteiger partial charge in [0.2, 0.25) is 10.0 Å². The molecule has 7 heteroatoms. The number of nitrogens with zero attached hydrogens (tertiary/aromatic N) is 1. The van der Waals surface area contributed by atoms with Crippen LogP contribution in [0.15, 0.2) is 16.9 Å². The van der Waals surface area contributed by atoms with E-state index in [0.717, 1.165) is 19.3 Å². The summed E-state index contributed by atoms with van der Waals surface area (Å²) in [7, 11) is -3.33. The van der Waals surface area contributed by atoms with Crippen LogP contribution in [-0.2, 0) is 15.8 Å². The van der Waals surface area contributed by atoms with E-state index in [2.05, 4.69) is 14.4 Å². The summed E-state index contributed by atoms with van der Waals surface area (Å²) in [5.41, 5.74) is 0.444. The van der Waals surface area contributed by atoms with Crippen LogP contribution in [-0.4, -0.2) is 31.1 Å². The number of aromatic nitrogens is 1. The van der Waals surface area contributed by atoms with Gasteiger partial charge < -0.3 is 4.52 Å². The molecule has 102 valence electrons. The molecule has 0 aliphatic heterocycles. The van der Waals surface area contributed by atoms with Gasteiger partial charge in [0, 0.05) is 17.4 Å². The molecule has 1 aromatic rings. The Hall–Kier alpha value is -0.530. The summed E-state index contributed by atoms with van der Waals surface area (Å²) in [6.45, 7) is 0. The van der Waals surface area contributed by atoms with Gasteiger partial charge in [-0.3, -0.25) is 0 Å². The second kappa shape index (κ2) is 6.08. The molecule has 0 bridgehead atoms. The Balaban J connectivity index is 1.98. The average molecular weight is 290 g/mol. The van der Waals surface area contributed by atoms with Gasteiger partial charge in [0.25, 0.3) is 0 Å². The molecule has 1 N–H and O–H groups in total. The van der Waals surface area contributed by atoms with Gasteiger partial charge in [0.15, 0.2) is 0 Å². The topological polar surface area (TPSA) is 72.2 Å². The number of nitrogens with one attached hydrogen (secondary N) is 1. The van der Waals surface area contributed by atoms with Gasteiger partial charge in [-0.05, 0) is 19.1 Å². The van der Waals surface area contributed by atoms with Crippen molar-refractivity contribution in [2.45, 2.75) is 42.7 Å². The van der Waals surface area contributed by atoms with Crippen LogP contribution in [0.4, 0.5) is 0 Å². The third-order valence-corrected chi connectivity index (χ3v) is 5.67. The first kappa shape index (κ1) is 13.9. The predicted octanol–water partition coefficient (Wildman–Crippen LogP) is 1.77. The first-order valence-corrected chi connectivity index (χ1v) is 8.97. The summed E-state index contributed by atoms with van der Waals surface area (Å²) >= 11 is 1.74. The van der Waals surface area contributed by atoms with Gasteiger partial charge in [-0.2, -0.15) is 11.8 Å². The Bertz CT molecular complexity index is 459. The molecule has 1 heterocycles. The Morgan fingerprint density at radius 2 is 2.28 bits per heavy atom. The normalized spacial score (nSPS) is 25.2. The summed E-state index contributed by atoms with van der Waals surface area (Å²) in [6.07, 6.45) is 7.70. The molecule has 2 rings (SSSR count). The molecule has 1 fully saturated rings. The maximum Gasteiger partial charge on any atom is 0.217 e. The Kier molecular flexibility index (Phi) is 4.69. The maximum absolute atomic E-state index is 12.0. The van der Waals surface area contributed by atoms with Crippen LogP contribution in [0.1, 0.15) is 31.4 Å². The largest absolute Gasteiger partial charge is 0.364 e. The zero-order chi connectivity index (χ0) is 13.0. The number of hydrogen-bond donors (Lipinski definition) is 1. The average Bonchev–Trinajstić information content (AvgIpc) is 2.81. The minimum Gasteiger partial charge on any atom is -0.364 e. The van der Waals surface area contributed by atoms with Gasteiger partial charge in [0.05, 0.1) is 5.69 Å². The fourth-order valence-electron chi connectivity index (χ4n) is 2.29. The van der Waals surface area contributed by atoms with E-state index >= 15 is 0 Å². The molecule has 0 spiro atoms. The number of thioether (sulfide) groups is 1. The summed E-state index contributed by atoms with van der Waals surface area (Å²) in [5, 5.41) is 4.01. The van der Waals surface area contributed by atoms with Crippen LogP contribution < -0.4 is 4.72 Å². The smallest absolute Gasteiger partial charge is 0.217 e. The fraction of sp³-hybridized carbons (Fsp3) is 0.727. The van der Waals surface area contributed by atoms with Crippen LogP contribution in [0.25, 0.3) is 0 Å². The predicted molar refractivity (Wildman–Crippen MR) is 71.8 cm³/mol.